The summed E-state index contributed by atoms with van der Waals surface area (Å²) in [5.41, 5.74) is 1.39. The lowest BCUT2D eigenvalue weighted by atomic mass is 9.95. The Bertz CT molecular complexity index is 241. The van der Waals surface area contributed by atoms with Gasteiger partial charge in [-0.3, -0.25) is 0 Å². The Morgan fingerprint density at radius 3 is 2.29 bits per heavy atom. The summed E-state index contributed by atoms with van der Waals surface area (Å²) in [4.78, 5) is 0. The molecule has 0 aliphatic heterocycles. The second kappa shape index (κ2) is 5.82. The van der Waals surface area contributed by atoms with Crippen molar-refractivity contribution in [3.63, 3.8) is 0 Å². The second-order valence-electron chi connectivity index (χ2n) is 4.22. The van der Waals surface area contributed by atoms with Crippen molar-refractivity contribution < 1.29 is 5.11 Å². The molecule has 0 bridgehead atoms. The van der Waals surface area contributed by atoms with Crippen LogP contribution < -0.4 is 0 Å². The number of hydrogen-bond donors (Lipinski definition) is 1. The number of benzene rings is 1. The van der Waals surface area contributed by atoms with Gasteiger partial charge >= 0.3 is 0 Å². The summed E-state index contributed by atoms with van der Waals surface area (Å²) < 4.78 is 0. The van der Waals surface area contributed by atoms with Crippen molar-refractivity contribution >= 4 is 0 Å². The Kier molecular flexibility index (Phi) is 4.68. The van der Waals surface area contributed by atoms with E-state index in [-0.39, 0.29) is 6.10 Å². The van der Waals surface area contributed by atoms with Crippen LogP contribution >= 0.6 is 0 Å². The van der Waals surface area contributed by atoms with Crippen molar-refractivity contribution in [2.24, 2.45) is 5.92 Å². The van der Waals surface area contributed by atoms with E-state index in [0.717, 1.165) is 19.3 Å². The average Bonchev–Trinajstić information content (AvgIpc) is 2.16. The highest BCUT2D eigenvalue weighted by molar-refractivity contribution is 5.14. The lowest BCUT2D eigenvalue weighted by molar-refractivity contribution is 0.174. The fraction of sp³-hybridized carbons (Fsp3) is 0.538. The summed E-state index contributed by atoms with van der Waals surface area (Å²) >= 11 is 0. The molecule has 14 heavy (non-hydrogen) atoms. The van der Waals surface area contributed by atoms with Gasteiger partial charge < -0.3 is 5.11 Å². The van der Waals surface area contributed by atoms with E-state index >= 15 is 0 Å². The summed E-state index contributed by atoms with van der Waals surface area (Å²) in [5, 5.41) is 9.17. The van der Waals surface area contributed by atoms with Crippen LogP contribution in [0.25, 0.3) is 0 Å². The van der Waals surface area contributed by atoms with Crippen LogP contribution in [0.5, 0.6) is 0 Å². The predicted molar refractivity (Wildman–Crippen MR) is 60.2 cm³/mol. The minimum atomic E-state index is -0.159. The first-order valence-corrected chi connectivity index (χ1v) is 5.40. The Hall–Kier alpha value is -0.820. The van der Waals surface area contributed by atoms with Crippen LogP contribution in [0.2, 0.25) is 0 Å². The van der Waals surface area contributed by atoms with Crippen LogP contribution in [0.4, 0.5) is 0 Å². The molecule has 1 rings (SSSR count). The summed E-state index contributed by atoms with van der Waals surface area (Å²) in [5.74, 6) is 0.659. The van der Waals surface area contributed by atoms with Gasteiger partial charge in [0.05, 0.1) is 6.10 Å². The molecule has 0 unspecified atom stereocenters. The Labute approximate surface area is 86.8 Å². The van der Waals surface area contributed by atoms with Crippen LogP contribution in [0.1, 0.15) is 32.3 Å². The largest absolute Gasteiger partial charge is 0.393 e. The molecule has 1 aromatic carbocycles. The molecule has 0 heterocycles. The van der Waals surface area contributed by atoms with E-state index < -0.39 is 0 Å². The van der Waals surface area contributed by atoms with Crippen LogP contribution in [0, 0.1) is 5.92 Å². The third-order valence-corrected chi connectivity index (χ3v) is 2.50. The number of aliphatic hydroxyl groups excluding tert-OH is 1. The number of hydrogen-bond acceptors (Lipinski definition) is 1. The molecule has 0 spiro atoms. The molecule has 0 aromatic heterocycles. The van der Waals surface area contributed by atoms with Gasteiger partial charge in [-0.1, -0.05) is 37.3 Å². The maximum Gasteiger partial charge on any atom is 0.0512 e. The molecule has 2 atom stereocenters. The molecule has 0 amide bonds. The zero-order chi connectivity index (χ0) is 10.4. The van der Waals surface area contributed by atoms with E-state index in [1.807, 2.05) is 13.0 Å². The zero-order valence-corrected chi connectivity index (χ0v) is 9.11. The number of aliphatic hydroxyl groups is 1. The van der Waals surface area contributed by atoms with Crippen LogP contribution in [-0.4, -0.2) is 11.2 Å². The maximum absolute atomic E-state index is 9.17. The van der Waals surface area contributed by atoms with Crippen LogP contribution in [0.3, 0.4) is 0 Å². The van der Waals surface area contributed by atoms with E-state index in [4.69, 9.17) is 5.11 Å². The lowest BCUT2D eigenvalue weighted by Crippen LogP contribution is -2.05. The molecule has 0 radical (unpaired) electrons. The molecule has 0 fully saturated rings. The summed E-state index contributed by atoms with van der Waals surface area (Å²) in [6.07, 6.45) is 2.97. The van der Waals surface area contributed by atoms with Crippen molar-refractivity contribution in [2.75, 3.05) is 0 Å². The van der Waals surface area contributed by atoms with Gasteiger partial charge in [-0.05, 0) is 37.7 Å². The highest BCUT2D eigenvalue weighted by Gasteiger charge is 2.05. The highest BCUT2D eigenvalue weighted by atomic mass is 16.3. The Morgan fingerprint density at radius 2 is 1.71 bits per heavy atom. The Balaban J connectivity index is 2.30. The lowest BCUT2D eigenvalue weighted by Gasteiger charge is -2.12. The van der Waals surface area contributed by atoms with Gasteiger partial charge in [0.15, 0.2) is 0 Å². The summed E-state index contributed by atoms with van der Waals surface area (Å²) in [6.45, 7) is 4.10. The minimum Gasteiger partial charge on any atom is -0.393 e. The molecule has 0 aliphatic carbocycles. The maximum atomic E-state index is 9.17. The molecule has 1 nitrogen and oxygen atoms in total. The van der Waals surface area contributed by atoms with Crippen molar-refractivity contribution in [3.8, 4) is 0 Å². The van der Waals surface area contributed by atoms with Gasteiger partial charge in [-0.25, -0.2) is 0 Å². The first-order valence-electron chi connectivity index (χ1n) is 5.40. The fourth-order valence-electron chi connectivity index (χ4n) is 1.64. The highest BCUT2D eigenvalue weighted by Crippen LogP contribution is 2.14. The van der Waals surface area contributed by atoms with Crippen molar-refractivity contribution in [3.05, 3.63) is 35.9 Å². The third-order valence-electron chi connectivity index (χ3n) is 2.50. The minimum absolute atomic E-state index is 0.159. The smallest absolute Gasteiger partial charge is 0.0512 e. The second-order valence-corrected chi connectivity index (χ2v) is 4.22. The van der Waals surface area contributed by atoms with Crippen molar-refractivity contribution in [1.29, 1.82) is 0 Å². The molecule has 0 saturated carbocycles. The van der Waals surface area contributed by atoms with E-state index in [2.05, 4.69) is 31.2 Å². The average molecular weight is 192 g/mol. The van der Waals surface area contributed by atoms with Gasteiger partial charge in [-0.15, -0.1) is 0 Å². The quantitative estimate of drug-likeness (QED) is 0.760. The normalized spacial score (nSPS) is 15.1. The van der Waals surface area contributed by atoms with E-state index in [0.29, 0.717) is 5.92 Å². The standard InChI is InChI=1S/C13H20O/c1-11(8-9-12(2)14)10-13-6-4-3-5-7-13/h3-7,11-12,14H,8-10H2,1-2H3/t11-,12-/m0/s1. The monoisotopic (exact) mass is 192 g/mol. The molecule has 0 saturated heterocycles. The van der Waals surface area contributed by atoms with Crippen molar-refractivity contribution in [2.45, 2.75) is 39.2 Å². The van der Waals surface area contributed by atoms with Gasteiger partial charge in [0.1, 0.15) is 0 Å². The van der Waals surface area contributed by atoms with Crippen molar-refractivity contribution in [1.82, 2.24) is 0 Å². The molecular formula is C13H20O. The van der Waals surface area contributed by atoms with Gasteiger partial charge in [0.2, 0.25) is 0 Å². The van der Waals surface area contributed by atoms with E-state index in [1.54, 1.807) is 0 Å². The van der Waals surface area contributed by atoms with Gasteiger partial charge in [0.25, 0.3) is 0 Å². The molecule has 1 N–H and O–H groups in total. The first-order chi connectivity index (χ1) is 6.68. The summed E-state index contributed by atoms with van der Waals surface area (Å²) in [6, 6.07) is 10.5. The van der Waals surface area contributed by atoms with Crippen LogP contribution in [0.15, 0.2) is 30.3 Å². The SMILES string of the molecule is C[C@@H](CC[C@H](C)O)Cc1ccccc1. The first kappa shape index (κ1) is 11.3. The molecule has 1 aromatic rings. The molecule has 0 aliphatic rings. The van der Waals surface area contributed by atoms with Gasteiger partial charge in [-0.2, -0.15) is 0 Å². The van der Waals surface area contributed by atoms with E-state index in [9.17, 15) is 0 Å². The van der Waals surface area contributed by atoms with E-state index in [1.165, 1.54) is 5.56 Å². The topological polar surface area (TPSA) is 20.2 Å². The molecular weight excluding hydrogens is 172 g/mol. The van der Waals surface area contributed by atoms with Crippen LogP contribution in [-0.2, 0) is 6.42 Å². The summed E-state index contributed by atoms with van der Waals surface area (Å²) in [7, 11) is 0. The number of rotatable bonds is 5. The molecule has 1 heteroatoms. The van der Waals surface area contributed by atoms with Gasteiger partial charge in [0, 0.05) is 0 Å². The zero-order valence-electron chi connectivity index (χ0n) is 9.11. The molecule has 78 valence electrons. The third kappa shape index (κ3) is 4.43. The predicted octanol–water partition coefficient (Wildman–Crippen LogP) is 3.03. The Morgan fingerprint density at radius 1 is 1.07 bits per heavy atom. The fourth-order valence-corrected chi connectivity index (χ4v) is 1.64.